The van der Waals surface area contributed by atoms with Crippen LogP contribution < -0.4 is 5.32 Å². The summed E-state index contributed by atoms with van der Waals surface area (Å²) in [5.41, 5.74) is 0.493. The van der Waals surface area contributed by atoms with E-state index in [-0.39, 0.29) is 36.1 Å². The molecule has 1 aliphatic carbocycles. The Morgan fingerprint density at radius 2 is 1.59 bits per heavy atom. The predicted octanol–water partition coefficient (Wildman–Crippen LogP) is 2.45. The van der Waals surface area contributed by atoms with E-state index >= 15 is 0 Å². The minimum absolute atomic E-state index is 0. The summed E-state index contributed by atoms with van der Waals surface area (Å²) in [5, 5.41) is 3.55. The molecule has 3 fully saturated rings. The third-order valence-electron chi connectivity index (χ3n) is 6.13. The van der Waals surface area contributed by atoms with Crippen LogP contribution in [0.5, 0.6) is 0 Å². The van der Waals surface area contributed by atoms with Crippen molar-refractivity contribution in [3.8, 4) is 0 Å². The van der Waals surface area contributed by atoms with Gasteiger partial charge < -0.3 is 15.1 Å². The Labute approximate surface area is 165 Å². The first kappa shape index (κ1) is 20.1. The third-order valence-corrected chi connectivity index (χ3v) is 6.13. The van der Waals surface area contributed by atoms with E-state index in [9.17, 15) is 14.0 Å². The van der Waals surface area contributed by atoms with E-state index in [2.05, 4.69) is 5.32 Å². The van der Waals surface area contributed by atoms with Crippen molar-refractivity contribution in [1.29, 1.82) is 0 Å². The van der Waals surface area contributed by atoms with Gasteiger partial charge in [-0.3, -0.25) is 9.59 Å². The van der Waals surface area contributed by atoms with Crippen molar-refractivity contribution in [3.63, 3.8) is 0 Å². The fourth-order valence-electron chi connectivity index (χ4n) is 4.64. The molecule has 1 N–H and O–H groups in total. The van der Waals surface area contributed by atoms with E-state index in [0.717, 1.165) is 6.42 Å². The van der Waals surface area contributed by atoms with Crippen molar-refractivity contribution >= 4 is 24.2 Å². The van der Waals surface area contributed by atoms with Crippen molar-refractivity contribution in [1.82, 2.24) is 15.1 Å². The van der Waals surface area contributed by atoms with E-state index in [1.54, 1.807) is 4.90 Å². The molecule has 2 amide bonds. The summed E-state index contributed by atoms with van der Waals surface area (Å²) < 4.78 is 13.0. The zero-order valence-electron chi connectivity index (χ0n) is 15.4. The Morgan fingerprint density at radius 1 is 0.963 bits per heavy atom. The lowest BCUT2D eigenvalue weighted by Crippen LogP contribution is -2.54. The molecule has 4 rings (SSSR count). The first-order valence-electron chi connectivity index (χ1n) is 9.71. The van der Waals surface area contributed by atoms with Crippen molar-refractivity contribution in [2.75, 3.05) is 26.2 Å². The molecule has 1 aromatic rings. The van der Waals surface area contributed by atoms with E-state index in [1.165, 1.54) is 49.9 Å². The first-order valence-corrected chi connectivity index (χ1v) is 9.71. The monoisotopic (exact) mass is 395 g/mol. The maximum absolute atomic E-state index is 13.0. The molecule has 2 saturated heterocycles. The second kappa shape index (κ2) is 8.57. The quantitative estimate of drug-likeness (QED) is 0.836. The average Bonchev–Trinajstić information content (AvgIpc) is 3.12. The van der Waals surface area contributed by atoms with Gasteiger partial charge in [-0.25, -0.2) is 4.39 Å². The molecule has 148 valence electrons. The van der Waals surface area contributed by atoms with E-state index in [0.29, 0.717) is 43.7 Å². The van der Waals surface area contributed by atoms with Crippen molar-refractivity contribution < 1.29 is 14.0 Å². The highest BCUT2D eigenvalue weighted by molar-refractivity contribution is 5.94. The number of nitrogens with one attached hydrogen (secondary N) is 1. The van der Waals surface area contributed by atoms with Gasteiger partial charge in [0.2, 0.25) is 5.91 Å². The van der Waals surface area contributed by atoms with Crippen molar-refractivity contribution in [2.24, 2.45) is 5.92 Å². The van der Waals surface area contributed by atoms with Gasteiger partial charge in [0.25, 0.3) is 5.91 Å². The van der Waals surface area contributed by atoms with Crippen molar-refractivity contribution in [2.45, 2.75) is 44.2 Å². The molecule has 0 aromatic heterocycles. The molecule has 2 aliphatic heterocycles. The van der Waals surface area contributed by atoms with E-state index in [4.69, 9.17) is 0 Å². The first-order chi connectivity index (χ1) is 12.6. The molecule has 1 saturated carbocycles. The summed E-state index contributed by atoms with van der Waals surface area (Å²) in [6, 6.07) is 6.09. The van der Waals surface area contributed by atoms with Crippen LogP contribution in [0.4, 0.5) is 4.39 Å². The molecular weight excluding hydrogens is 369 g/mol. The van der Waals surface area contributed by atoms with Crippen LogP contribution in [0.3, 0.4) is 0 Å². The Morgan fingerprint density at radius 3 is 2.26 bits per heavy atom. The summed E-state index contributed by atoms with van der Waals surface area (Å²) in [7, 11) is 0. The van der Waals surface area contributed by atoms with Crippen LogP contribution in [-0.4, -0.2) is 59.9 Å². The number of hydrogen-bond acceptors (Lipinski definition) is 3. The molecule has 7 heteroatoms. The SMILES string of the molecule is Cl.O=C(c1ccc(F)cc1)N1CCN(C(=O)C2CC3CCCCC3N2)CC1. The normalized spacial score (nSPS) is 27.7. The Balaban J connectivity index is 0.00000210. The summed E-state index contributed by atoms with van der Waals surface area (Å²) in [6.45, 7) is 2.20. The van der Waals surface area contributed by atoms with Gasteiger partial charge in [-0.1, -0.05) is 12.8 Å². The van der Waals surface area contributed by atoms with Crippen LogP contribution >= 0.6 is 12.4 Å². The van der Waals surface area contributed by atoms with Gasteiger partial charge in [-0.15, -0.1) is 12.4 Å². The fraction of sp³-hybridized carbons (Fsp3) is 0.600. The Bertz CT molecular complexity index is 662. The molecule has 0 spiro atoms. The summed E-state index contributed by atoms with van der Waals surface area (Å²) in [4.78, 5) is 29.0. The topological polar surface area (TPSA) is 52.7 Å². The standard InChI is InChI=1S/C20H26FN3O2.ClH/c21-16-7-5-14(6-8-16)19(25)23-9-11-24(12-10-23)20(26)18-13-15-3-1-2-4-17(15)22-18;/h5-8,15,17-18,22H,1-4,9-13H2;1H. The average molecular weight is 396 g/mol. The van der Waals surface area contributed by atoms with Crippen LogP contribution in [0.1, 0.15) is 42.5 Å². The number of fused-ring (bicyclic) bond motifs is 1. The Hall–Kier alpha value is -1.66. The number of carbonyl (C=O) groups is 2. The number of benzene rings is 1. The molecule has 0 bridgehead atoms. The molecule has 3 atom stereocenters. The number of piperazine rings is 1. The zero-order valence-corrected chi connectivity index (χ0v) is 16.2. The number of hydrogen-bond donors (Lipinski definition) is 1. The fourth-order valence-corrected chi connectivity index (χ4v) is 4.64. The smallest absolute Gasteiger partial charge is 0.253 e. The van der Waals surface area contributed by atoms with Crippen LogP contribution in [0.25, 0.3) is 0 Å². The van der Waals surface area contributed by atoms with Gasteiger partial charge in [0.1, 0.15) is 5.82 Å². The lowest BCUT2D eigenvalue weighted by molar-refractivity contribution is -0.134. The van der Waals surface area contributed by atoms with Gasteiger partial charge in [-0.05, 0) is 49.4 Å². The molecule has 3 unspecified atom stereocenters. The van der Waals surface area contributed by atoms with Crippen LogP contribution in [0.15, 0.2) is 24.3 Å². The summed E-state index contributed by atoms with van der Waals surface area (Å²) in [5.74, 6) is 0.399. The molecule has 0 radical (unpaired) electrons. The number of carbonyl (C=O) groups excluding carboxylic acids is 2. The summed E-state index contributed by atoms with van der Waals surface area (Å²) in [6.07, 6.45) is 5.93. The molecule has 5 nitrogen and oxygen atoms in total. The molecule has 1 aromatic carbocycles. The minimum atomic E-state index is -0.346. The van der Waals surface area contributed by atoms with Gasteiger partial charge in [0.15, 0.2) is 0 Å². The predicted molar refractivity (Wildman–Crippen MR) is 103 cm³/mol. The second-order valence-electron chi connectivity index (χ2n) is 7.73. The number of rotatable bonds is 2. The van der Waals surface area contributed by atoms with Gasteiger partial charge in [-0.2, -0.15) is 0 Å². The number of halogens is 2. The largest absolute Gasteiger partial charge is 0.338 e. The highest BCUT2D eigenvalue weighted by Crippen LogP contribution is 2.33. The highest BCUT2D eigenvalue weighted by Gasteiger charge is 2.40. The lowest BCUT2D eigenvalue weighted by Gasteiger charge is -2.36. The van der Waals surface area contributed by atoms with Crippen LogP contribution in [0, 0.1) is 11.7 Å². The minimum Gasteiger partial charge on any atom is -0.338 e. The lowest BCUT2D eigenvalue weighted by atomic mass is 9.85. The maximum Gasteiger partial charge on any atom is 0.253 e. The van der Waals surface area contributed by atoms with Crippen LogP contribution in [0.2, 0.25) is 0 Å². The molecular formula is C20H27ClFN3O2. The number of nitrogens with zero attached hydrogens (tertiary/aromatic N) is 2. The third kappa shape index (κ3) is 4.27. The molecule has 2 heterocycles. The van der Waals surface area contributed by atoms with Crippen LogP contribution in [-0.2, 0) is 4.79 Å². The molecule has 3 aliphatic rings. The maximum atomic E-state index is 13.0. The van der Waals surface area contributed by atoms with Gasteiger partial charge in [0, 0.05) is 37.8 Å². The highest BCUT2D eigenvalue weighted by atomic mass is 35.5. The van der Waals surface area contributed by atoms with Gasteiger partial charge in [0.05, 0.1) is 6.04 Å². The number of amides is 2. The van der Waals surface area contributed by atoms with E-state index < -0.39 is 0 Å². The zero-order chi connectivity index (χ0) is 18.1. The Kier molecular flexibility index (Phi) is 6.37. The van der Waals surface area contributed by atoms with Gasteiger partial charge >= 0.3 is 0 Å². The summed E-state index contributed by atoms with van der Waals surface area (Å²) >= 11 is 0. The molecule has 27 heavy (non-hydrogen) atoms. The van der Waals surface area contributed by atoms with Crippen molar-refractivity contribution in [3.05, 3.63) is 35.6 Å². The van der Waals surface area contributed by atoms with E-state index in [1.807, 2.05) is 4.90 Å². The second-order valence-corrected chi connectivity index (χ2v) is 7.73.